The first-order valence-corrected chi connectivity index (χ1v) is 8.13. The molecule has 1 atom stereocenters. The van der Waals surface area contributed by atoms with Gasteiger partial charge in [0.05, 0.1) is 23.1 Å². The highest BCUT2D eigenvalue weighted by atomic mass is 35.5. The standard InChI is InChI=1S/C13H13ClN2O4S/c14-10-5-8(7-15)1-4-12(10)21(19,20)16-11(6-13(17)18)9-2-3-9/h1,4-5,9,11,16H,2-3,6H2,(H,17,18). The largest absolute Gasteiger partial charge is 0.481 e. The van der Waals surface area contributed by atoms with Gasteiger partial charge in [0.25, 0.3) is 0 Å². The topological polar surface area (TPSA) is 107 Å². The Bertz CT molecular complexity index is 707. The number of benzene rings is 1. The monoisotopic (exact) mass is 328 g/mol. The van der Waals surface area contributed by atoms with Gasteiger partial charge in [-0.3, -0.25) is 4.79 Å². The van der Waals surface area contributed by atoms with Crippen LogP contribution in [0.4, 0.5) is 0 Å². The summed E-state index contributed by atoms with van der Waals surface area (Å²) in [7, 11) is -3.92. The number of nitrogens with zero attached hydrogens (tertiary/aromatic N) is 1. The van der Waals surface area contributed by atoms with Gasteiger partial charge in [0, 0.05) is 6.04 Å². The molecule has 1 aromatic carbocycles. The molecule has 0 radical (unpaired) electrons. The molecule has 2 N–H and O–H groups in total. The van der Waals surface area contributed by atoms with Crippen LogP contribution in [0.2, 0.25) is 5.02 Å². The summed E-state index contributed by atoms with van der Waals surface area (Å²) in [4.78, 5) is 10.7. The zero-order valence-corrected chi connectivity index (χ0v) is 12.5. The van der Waals surface area contributed by atoms with Crippen molar-refractivity contribution in [3.8, 4) is 6.07 Å². The summed E-state index contributed by atoms with van der Waals surface area (Å²) in [6.45, 7) is 0. The van der Waals surface area contributed by atoms with E-state index in [1.54, 1.807) is 0 Å². The number of carboxylic acid groups (broad SMARTS) is 1. The first kappa shape index (κ1) is 15.8. The number of hydrogen-bond acceptors (Lipinski definition) is 4. The number of rotatable bonds is 6. The van der Waals surface area contributed by atoms with Crippen molar-refractivity contribution >= 4 is 27.6 Å². The number of sulfonamides is 1. The Hall–Kier alpha value is -1.62. The number of nitrogens with one attached hydrogen (secondary N) is 1. The Labute approximate surface area is 127 Å². The van der Waals surface area contributed by atoms with Crippen LogP contribution < -0.4 is 4.72 Å². The van der Waals surface area contributed by atoms with Gasteiger partial charge in [-0.05, 0) is 37.0 Å². The van der Waals surface area contributed by atoms with E-state index in [0.29, 0.717) is 0 Å². The van der Waals surface area contributed by atoms with Gasteiger partial charge in [0.1, 0.15) is 4.90 Å². The van der Waals surface area contributed by atoms with Crippen LogP contribution >= 0.6 is 11.6 Å². The Kier molecular flexibility index (Phi) is 4.52. The second kappa shape index (κ2) is 6.02. The predicted octanol–water partition coefficient (Wildman–Crippen LogP) is 1.74. The lowest BCUT2D eigenvalue weighted by atomic mass is 10.1. The Morgan fingerprint density at radius 2 is 2.19 bits per heavy atom. The van der Waals surface area contributed by atoms with Crippen LogP contribution in [0, 0.1) is 17.2 Å². The van der Waals surface area contributed by atoms with Gasteiger partial charge in [-0.25, -0.2) is 13.1 Å². The van der Waals surface area contributed by atoms with E-state index in [4.69, 9.17) is 22.0 Å². The normalized spacial score (nSPS) is 16.2. The zero-order valence-electron chi connectivity index (χ0n) is 10.9. The van der Waals surface area contributed by atoms with E-state index in [1.165, 1.54) is 18.2 Å². The van der Waals surface area contributed by atoms with E-state index >= 15 is 0 Å². The molecule has 0 aromatic heterocycles. The Balaban J connectivity index is 2.25. The van der Waals surface area contributed by atoms with Crippen molar-refractivity contribution < 1.29 is 18.3 Å². The van der Waals surface area contributed by atoms with Crippen molar-refractivity contribution in [2.45, 2.75) is 30.2 Å². The van der Waals surface area contributed by atoms with Crippen molar-refractivity contribution in [1.82, 2.24) is 4.72 Å². The van der Waals surface area contributed by atoms with Gasteiger partial charge in [0.15, 0.2) is 0 Å². The highest BCUT2D eigenvalue weighted by Gasteiger charge is 2.36. The van der Waals surface area contributed by atoms with Crippen molar-refractivity contribution in [1.29, 1.82) is 5.26 Å². The fraction of sp³-hybridized carbons (Fsp3) is 0.385. The van der Waals surface area contributed by atoms with Crippen LogP contribution in [0.25, 0.3) is 0 Å². The quantitative estimate of drug-likeness (QED) is 0.827. The number of nitriles is 1. The van der Waals surface area contributed by atoms with Crippen LogP contribution in [0.1, 0.15) is 24.8 Å². The fourth-order valence-electron chi connectivity index (χ4n) is 2.04. The second-order valence-corrected chi connectivity index (χ2v) is 7.01. The molecular formula is C13H13ClN2O4S. The fourth-order valence-corrected chi connectivity index (χ4v) is 3.89. The molecule has 0 saturated heterocycles. The molecule has 0 spiro atoms. The molecule has 0 heterocycles. The van der Waals surface area contributed by atoms with Crippen LogP contribution in [0.3, 0.4) is 0 Å². The summed E-state index contributed by atoms with van der Waals surface area (Å²) in [5.74, 6) is -1.01. The molecule has 1 aromatic rings. The first-order chi connectivity index (χ1) is 9.83. The van der Waals surface area contributed by atoms with Crippen molar-refractivity contribution in [3.63, 3.8) is 0 Å². The minimum absolute atomic E-state index is 0.0491. The lowest BCUT2D eigenvalue weighted by Crippen LogP contribution is -2.38. The number of carboxylic acids is 1. The third kappa shape index (κ3) is 3.94. The third-order valence-electron chi connectivity index (χ3n) is 3.24. The summed E-state index contributed by atoms with van der Waals surface area (Å²) >= 11 is 5.89. The summed E-state index contributed by atoms with van der Waals surface area (Å²) in [6, 6.07) is 5.08. The molecule has 1 saturated carbocycles. The zero-order chi connectivity index (χ0) is 15.6. The van der Waals surface area contributed by atoms with E-state index in [0.717, 1.165) is 12.8 Å². The molecule has 0 bridgehead atoms. The number of carbonyl (C=O) groups is 1. The van der Waals surface area contributed by atoms with E-state index in [-0.39, 0.29) is 27.8 Å². The van der Waals surface area contributed by atoms with Gasteiger partial charge in [-0.1, -0.05) is 11.6 Å². The molecule has 0 amide bonds. The van der Waals surface area contributed by atoms with E-state index < -0.39 is 22.0 Å². The number of aliphatic carboxylic acids is 1. The van der Waals surface area contributed by atoms with Crippen LogP contribution in [-0.4, -0.2) is 25.5 Å². The van der Waals surface area contributed by atoms with Gasteiger partial charge in [-0.2, -0.15) is 5.26 Å². The summed E-state index contributed by atoms with van der Waals surface area (Å²) in [5.41, 5.74) is 0.253. The molecule has 2 rings (SSSR count). The molecule has 112 valence electrons. The van der Waals surface area contributed by atoms with Gasteiger partial charge < -0.3 is 5.11 Å². The molecule has 21 heavy (non-hydrogen) atoms. The smallest absolute Gasteiger partial charge is 0.304 e. The molecular weight excluding hydrogens is 316 g/mol. The van der Waals surface area contributed by atoms with Crippen molar-refractivity contribution in [3.05, 3.63) is 28.8 Å². The molecule has 1 fully saturated rings. The maximum absolute atomic E-state index is 12.3. The highest BCUT2D eigenvalue weighted by Crippen LogP contribution is 2.35. The van der Waals surface area contributed by atoms with Crippen LogP contribution in [0.5, 0.6) is 0 Å². The van der Waals surface area contributed by atoms with Gasteiger partial charge in [-0.15, -0.1) is 0 Å². The molecule has 8 heteroatoms. The number of hydrogen-bond donors (Lipinski definition) is 2. The Morgan fingerprint density at radius 3 is 2.67 bits per heavy atom. The first-order valence-electron chi connectivity index (χ1n) is 6.27. The second-order valence-electron chi connectivity index (χ2n) is 4.92. The minimum atomic E-state index is -3.92. The Morgan fingerprint density at radius 1 is 1.52 bits per heavy atom. The maximum atomic E-state index is 12.3. The van der Waals surface area contributed by atoms with Gasteiger partial charge in [0.2, 0.25) is 10.0 Å². The lowest BCUT2D eigenvalue weighted by molar-refractivity contribution is -0.137. The molecule has 6 nitrogen and oxygen atoms in total. The van der Waals surface area contributed by atoms with Crippen molar-refractivity contribution in [2.75, 3.05) is 0 Å². The van der Waals surface area contributed by atoms with E-state index in [1.807, 2.05) is 6.07 Å². The SMILES string of the molecule is N#Cc1ccc(S(=O)(=O)NC(CC(=O)O)C2CC2)c(Cl)c1. The summed E-state index contributed by atoms with van der Waals surface area (Å²) in [6.07, 6.45) is 1.35. The molecule has 0 aliphatic heterocycles. The molecule has 1 unspecified atom stereocenters. The molecule has 1 aliphatic rings. The molecule has 1 aliphatic carbocycles. The van der Waals surface area contributed by atoms with Gasteiger partial charge >= 0.3 is 5.97 Å². The third-order valence-corrected chi connectivity index (χ3v) is 5.22. The van der Waals surface area contributed by atoms with Crippen LogP contribution in [-0.2, 0) is 14.8 Å². The van der Waals surface area contributed by atoms with Crippen LogP contribution in [0.15, 0.2) is 23.1 Å². The minimum Gasteiger partial charge on any atom is -0.481 e. The highest BCUT2D eigenvalue weighted by molar-refractivity contribution is 7.89. The maximum Gasteiger partial charge on any atom is 0.304 e. The average Bonchev–Trinajstić information content (AvgIpc) is 3.20. The average molecular weight is 329 g/mol. The predicted molar refractivity (Wildman–Crippen MR) is 75.3 cm³/mol. The lowest BCUT2D eigenvalue weighted by Gasteiger charge is -2.17. The number of halogens is 1. The summed E-state index contributed by atoms with van der Waals surface area (Å²) in [5, 5.41) is 17.5. The van der Waals surface area contributed by atoms with Crippen molar-refractivity contribution in [2.24, 2.45) is 5.92 Å². The summed E-state index contributed by atoms with van der Waals surface area (Å²) < 4.78 is 27.0. The van der Waals surface area contributed by atoms with E-state index in [9.17, 15) is 13.2 Å². The van der Waals surface area contributed by atoms with E-state index in [2.05, 4.69) is 4.72 Å².